The maximum atomic E-state index is 12.9. The number of rotatable bonds is 3. The van der Waals surface area contributed by atoms with E-state index in [1.807, 2.05) is 25.1 Å². The molecule has 1 aliphatic heterocycles. The normalized spacial score (nSPS) is 19.8. The minimum absolute atomic E-state index is 0.0516. The number of amides is 1. The van der Waals surface area contributed by atoms with Crippen LogP contribution in [0.1, 0.15) is 42.4 Å². The number of likely N-dealkylation sites (tertiary alicyclic amines) is 1. The molecule has 0 saturated carbocycles. The zero-order valence-electron chi connectivity index (χ0n) is 13.8. The third kappa shape index (κ3) is 3.01. The van der Waals surface area contributed by atoms with Crippen LogP contribution in [0.3, 0.4) is 0 Å². The Morgan fingerprint density at radius 1 is 1.48 bits per heavy atom. The molecule has 1 aliphatic rings. The van der Waals surface area contributed by atoms with Crippen molar-refractivity contribution in [1.29, 1.82) is 0 Å². The summed E-state index contributed by atoms with van der Waals surface area (Å²) in [5.74, 6) is 0.861. The molecular weight excluding hydrogens is 294 g/mol. The topological polar surface area (TPSA) is 90.2 Å². The lowest BCUT2D eigenvalue weighted by atomic mass is 9.96. The van der Waals surface area contributed by atoms with E-state index in [0.717, 1.165) is 31.4 Å². The number of carbonyl (C=O) groups is 1. The van der Waals surface area contributed by atoms with E-state index < -0.39 is 0 Å². The molecule has 23 heavy (non-hydrogen) atoms. The summed E-state index contributed by atoms with van der Waals surface area (Å²) in [5.41, 5.74) is 7.19. The smallest absolute Gasteiger partial charge is 0.276 e. The molecule has 3 heterocycles. The van der Waals surface area contributed by atoms with Crippen LogP contribution >= 0.6 is 0 Å². The van der Waals surface area contributed by atoms with Gasteiger partial charge in [0.25, 0.3) is 5.91 Å². The van der Waals surface area contributed by atoms with Crippen LogP contribution in [0.5, 0.6) is 0 Å². The van der Waals surface area contributed by atoms with Crippen molar-refractivity contribution in [2.75, 3.05) is 6.54 Å². The van der Waals surface area contributed by atoms with Crippen molar-refractivity contribution in [1.82, 2.24) is 19.7 Å². The van der Waals surface area contributed by atoms with Gasteiger partial charge < -0.3 is 15.1 Å². The molecule has 0 aromatic carbocycles. The van der Waals surface area contributed by atoms with E-state index in [4.69, 9.17) is 10.2 Å². The number of hydrogen-bond donors (Lipinski definition) is 1. The van der Waals surface area contributed by atoms with Crippen molar-refractivity contribution < 1.29 is 9.21 Å². The summed E-state index contributed by atoms with van der Waals surface area (Å²) in [4.78, 5) is 19.2. The third-order valence-corrected chi connectivity index (χ3v) is 4.37. The summed E-state index contributed by atoms with van der Waals surface area (Å²) in [6, 6.07) is 0.0124. The van der Waals surface area contributed by atoms with Gasteiger partial charge >= 0.3 is 0 Å². The zero-order chi connectivity index (χ0) is 16.6. The molecule has 2 aromatic rings. The zero-order valence-corrected chi connectivity index (χ0v) is 13.8. The van der Waals surface area contributed by atoms with Crippen molar-refractivity contribution in [2.24, 2.45) is 12.8 Å². The van der Waals surface area contributed by atoms with E-state index in [1.165, 1.54) is 0 Å². The Kier molecular flexibility index (Phi) is 4.21. The average molecular weight is 317 g/mol. The summed E-state index contributed by atoms with van der Waals surface area (Å²) in [7, 11) is 1.83. The monoisotopic (exact) mass is 317 g/mol. The van der Waals surface area contributed by atoms with Gasteiger partial charge in [0.2, 0.25) is 5.89 Å². The first-order chi connectivity index (χ1) is 11.0. The van der Waals surface area contributed by atoms with E-state index >= 15 is 0 Å². The quantitative estimate of drug-likeness (QED) is 0.931. The predicted octanol–water partition coefficient (Wildman–Crippen LogP) is 1.73. The molecule has 1 saturated heterocycles. The number of aryl methyl sites for hydroxylation is 2. The highest BCUT2D eigenvalue weighted by atomic mass is 16.4. The van der Waals surface area contributed by atoms with Crippen LogP contribution < -0.4 is 5.73 Å². The van der Waals surface area contributed by atoms with Gasteiger partial charge in [-0.25, -0.2) is 4.98 Å². The fourth-order valence-corrected chi connectivity index (χ4v) is 3.14. The Bertz CT molecular complexity index is 703. The van der Waals surface area contributed by atoms with Gasteiger partial charge in [0.15, 0.2) is 5.69 Å². The second-order valence-corrected chi connectivity index (χ2v) is 6.25. The lowest BCUT2D eigenvalue weighted by Crippen LogP contribution is -2.51. The van der Waals surface area contributed by atoms with Crippen LogP contribution in [-0.4, -0.2) is 44.2 Å². The fourth-order valence-electron chi connectivity index (χ4n) is 3.14. The lowest BCUT2D eigenvalue weighted by Gasteiger charge is -2.37. The fraction of sp³-hybridized carbons (Fsp3) is 0.562. The van der Waals surface area contributed by atoms with Gasteiger partial charge in [0, 0.05) is 31.9 Å². The molecule has 1 fully saturated rings. The van der Waals surface area contributed by atoms with Gasteiger partial charge in [-0.1, -0.05) is 0 Å². The van der Waals surface area contributed by atoms with E-state index in [-0.39, 0.29) is 18.0 Å². The van der Waals surface area contributed by atoms with Crippen LogP contribution in [0.4, 0.5) is 0 Å². The predicted molar refractivity (Wildman–Crippen MR) is 85.8 cm³/mol. The van der Waals surface area contributed by atoms with Crippen molar-refractivity contribution >= 4 is 5.91 Å². The molecule has 7 nitrogen and oxygen atoms in total. The second kappa shape index (κ2) is 6.16. The first-order valence-corrected chi connectivity index (χ1v) is 8.00. The summed E-state index contributed by atoms with van der Waals surface area (Å²) in [5, 5.41) is 4.11. The number of nitrogens with two attached hydrogens (primary N) is 1. The average Bonchev–Trinajstić information content (AvgIpc) is 3.12. The summed E-state index contributed by atoms with van der Waals surface area (Å²) >= 11 is 0. The Balaban J connectivity index is 1.88. The SMILES string of the molecule is Cc1oc(-c2cnn(C)c2)nc1C(=O)N1CCCC[C@@H]1[C@@H](C)N. The van der Waals surface area contributed by atoms with Crippen LogP contribution in [-0.2, 0) is 7.05 Å². The highest BCUT2D eigenvalue weighted by molar-refractivity contribution is 5.94. The molecule has 1 amide bonds. The molecule has 0 spiro atoms. The van der Waals surface area contributed by atoms with E-state index in [0.29, 0.717) is 17.3 Å². The maximum Gasteiger partial charge on any atom is 0.276 e. The van der Waals surface area contributed by atoms with Gasteiger partial charge in [0.1, 0.15) is 5.76 Å². The van der Waals surface area contributed by atoms with E-state index in [1.54, 1.807) is 17.8 Å². The largest absolute Gasteiger partial charge is 0.440 e. The van der Waals surface area contributed by atoms with Crippen molar-refractivity contribution in [3.05, 3.63) is 23.8 Å². The number of aromatic nitrogens is 3. The van der Waals surface area contributed by atoms with Gasteiger partial charge in [-0.15, -0.1) is 0 Å². The highest BCUT2D eigenvalue weighted by Crippen LogP contribution is 2.25. The molecule has 2 N–H and O–H groups in total. The van der Waals surface area contributed by atoms with E-state index in [9.17, 15) is 4.79 Å². The molecule has 3 rings (SSSR count). The van der Waals surface area contributed by atoms with Gasteiger partial charge in [-0.05, 0) is 33.1 Å². The highest BCUT2D eigenvalue weighted by Gasteiger charge is 2.32. The summed E-state index contributed by atoms with van der Waals surface area (Å²) in [6.07, 6.45) is 6.53. The Morgan fingerprint density at radius 2 is 2.26 bits per heavy atom. The van der Waals surface area contributed by atoms with Crippen LogP contribution in [0.15, 0.2) is 16.8 Å². The molecule has 0 aliphatic carbocycles. The molecule has 124 valence electrons. The number of hydrogen-bond acceptors (Lipinski definition) is 5. The molecule has 0 unspecified atom stereocenters. The minimum Gasteiger partial charge on any atom is -0.440 e. The molecule has 0 bridgehead atoms. The third-order valence-electron chi connectivity index (χ3n) is 4.37. The Morgan fingerprint density at radius 3 is 2.91 bits per heavy atom. The molecule has 2 aromatic heterocycles. The van der Waals surface area contributed by atoms with Crippen LogP contribution in [0.25, 0.3) is 11.5 Å². The Labute approximate surface area is 135 Å². The van der Waals surface area contributed by atoms with Crippen LogP contribution in [0, 0.1) is 6.92 Å². The van der Waals surface area contributed by atoms with Crippen molar-refractivity contribution in [3.8, 4) is 11.5 Å². The standard InChI is InChI=1S/C16H23N5O2/c1-10(17)13-6-4-5-7-21(13)16(22)14-11(2)23-15(19-14)12-8-18-20(3)9-12/h8-10,13H,4-7,17H2,1-3H3/t10-,13-/m1/s1. The van der Waals surface area contributed by atoms with Crippen molar-refractivity contribution in [2.45, 2.75) is 45.2 Å². The van der Waals surface area contributed by atoms with Gasteiger partial charge in [-0.3, -0.25) is 9.48 Å². The molecular formula is C16H23N5O2. The maximum absolute atomic E-state index is 12.9. The van der Waals surface area contributed by atoms with Crippen molar-refractivity contribution in [3.63, 3.8) is 0 Å². The lowest BCUT2D eigenvalue weighted by molar-refractivity contribution is 0.0576. The summed E-state index contributed by atoms with van der Waals surface area (Å²) in [6.45, 7) is 4.44. The van der Waals surface area contributed by atoms with Gasteiger partial charge in [0.05, 0.1) is 11.8 Å². The molecule has 7 heteroatoms. The first-order valence-electron chi connectivity index (χ1n) is 8.00. The number of piperidine rings is 1. The molecule has 2 atom stereocenters. The van der Waals surface area contributed by atoms with Crippen LogP contribution in [0.2, 0.25) is 0 Å². The first kappa shape index (κ1) is 15.7. The van der Waals surface area contributed by atoms with Gasteiger partial charge in [-0.2, -0.15) is 5.10 Å². The minimum atomic E-state index is -0.0941. The second-order valence-electron chi connectivity index (χ2n) is 6.25. The summed E-state index contributed by atoms with van der Waals surface area (Å²) < 4.78 is 7.35. The molecule has 0 radical (unpaired) electrons. The Hall–Kier alpha value is -2.15. The van der Waals surface area contributed by atoms with E-state index in [2.05, 4.69) is 10.1 Å². The number of oxazole rings is 1. The number of carbonyl (C=O) groups excluding carboxylic acids is 1. The number of nitrogens with zero attached hydrogens (tertiary/aromatic N) is 4.